The van der Waals surface area contributed by atoms with Crippen LogP contribution in [0.15, 0.2) is 42.5 Å². The highest BCUT2D eigenvalue weighted by Crippen LogP contribution is 2.26. The number of piperazine rings is 1. The molecule has 0 bridgehead atoms. The average molecular weight is 400 g/mol. The van der Waals surface area contributed by atoms with Gasteiger partial charge >= 0.3 is 0 Å². The lowest BCUT2D eigenvalue weighted by Crippen LogP contribution is -2.50. The molecule has 2 N–H and O–H groups in total. The van der Waals surface area contributed by atoms with E-state index in [2.05, 4.69) is 22.5 Å². The Labute approximate surface area is 172 Å². The molecule has 2 unspecified atom stereocenters. The molecule has 2 aromatic rings. The molecule has 1 amide bonds. The van der Waals surface area contributed by atoms with Crippen LogP contribution in [0, 0.1) is 5.82 Å². The first-order valence-corrected chi connectivity index (χ1v) is 10.2. The van der Waals surface area contributed by atoms with Crippen molar-refractivity contribution in [1.29, 1.82) is 0 Å². The van der Waals surface area contributed by atoms with Crippen molar-refractivity contribution < 1.29 is 13.9 Å². The predicted molar refractivity (Wildman–Crippen MR) is 113 cm³/mol. The molecule has 1 aliphatic rings. The third kappa shape index (κ3) is 5.55. The molecule has 156 valence electrons. The summed E-state index contributed by atoms with van der Waals surface area (Å²) >= 11 is 0. The Morgan fingerprint density at radius 1 is 1.31 bits per heavy atom. The quantitative estimate of drug-likeness (QED) is 0.751. The molecule has 0 radical (unpaired) electrons. The van der Waals surface area contributed by atoms with Gasteiger partial charge in [0, 0.05) is 44.8 Å². The number of amides is 1. The number of nitrogens with zero attached hydrogens (tertiary/aromatic N) is 1. The molecule has 5 nitrogen and oxygen atoms in total. The van der Waals surface area contributed by atoms with Crippen LogP contribution in [-0.2, 0) is 6.42 Å². The summed E-state index contributed by atoms with van der Waals surface area (Å²) in [6, 6.07) is 12.8. The van der Waals surface area contributed by atoms with Crippen molar-refractivity contribution in [3.05, 3.63) is 65.0 Å². The molecule has 0 aromatic heterocycles. The Morgan fingerprint density at radius 3 is 2.69 bits per heavy atom. The topological polar surface area (TPSA) is 53.6 Å². The summed E-state index contributed by atoms with van der Waals surface area (Å²) in [5.41, 5.74) is 2.10. The first-order valence-electron chi connectivity index (χ1n) is 10.2. The first-order chi connectivity index (χ1) is 14.0. The summed E-state index contributed by atoms with van der Waals surface area (Å²) < 4.78 is 20.7. The van der Waals surface area contributed by atoms with E-state index in [4.69, 9.17) is 4.74 Å². The van der Waals surface area contributed by atoms with Gasteiger partial charge < -0.3 is 15.4 Å². The van der Waals surface area contributed by atoms with Crippen LogP contribution in [0.5, 0.6) is 5.75 Å². The number of aryl methyl sites for hydroxylation is 1. The third-order valence-corrected chi connectivity index (χ3v) is 5.33. The summed E-state index contributed by atoms with van der Waals surface area (Å²) in [6.45, 7) is 7.56. The van der Waals surface area contributed by atoms with Crippen molar-refractivity contribution in [2.24, 2.45) is 0 Å². The van der Waals surface area contributed by atoms with Gasteiger partial charge in [-0.25, -0.2) is 4.39 Å². The maximum atomic E-state index is 14.4. The lowest BCUT2D eigenvalue weighted by atomic mass is 10.0. The summed E-state index contributed by atoms with van der Waals surface area (Å²) in [7, 11) is 1.60. The van der Waals surface area contributed by atoms with Crippen LogP contribution in [-0.4, -0.2) is 50.1 Å². The normalized spacial score (nSPS) is 18.3. The van der Waals surface area contributed by atoms with Gasteiger partial charge in [0.15, 0.2) is 0 Å². The molecule has 6 heteroatoms. The van der Waals surface area contributed by atoms with Crippen molar-refractivity contribution in [2.75, 3.05) is 33.2 Å². The van der Waals surface area contributed by atoms with Crippen LogP contribution < -0.4 is 15.4 Å². The zero-order chi connectivity index (χ0) is 20.8. The van der Waals surface area contributed by atoms with E-state index in [0.717, 1.165) is 25.2 Å². The number of ether oxygens (including phenoxy) is 1. The molecule has 0 aliphatic carbocycles. The molecule has 1 aliphatic heterocycles. The second-order valence-corrected chi connectivity index (χ2v) is 7.53. The van der Waals surface area contributed by atoms with E-state index < -0.39 is 0 Å². The van der Waals surface area contributed by atoms with E-state index in [1.54, 1.807) is 37.4 Å². The maximum Gasteiger partial charge on any atom is 0.251 e. The number of benzene rings is 2. The molecule has 2 aromatic carbocycles. The van der Waals surface area contributed by atoms with Gasteiger partial charge in [-0.3, -0.25) is 9.69 Å². The van der Waals surface area contributed by atoms with Gasteiger partial charge in [-0.2, -0.15) is 0 Å². The lowest BCUT2D eigenvalue weighted by Gasteiger charge is -2.34. The predicted octanol–water partition coefficient (Wildman–Crippen LogP) is 3.16. The molecule has 0 spiro atoms. The molecular formula is C23H30FN3O2. The molecule has 3 rings (SSSR count). The number of nitrogens with one attached hydrogen (secondary N) is 2. The smallest absolute Gasteiger partial charge is 0.251 e. The zero-order valence-corrected chi connectivity index (χ0v) is 17.4. The minimum Gasteiger partial charge on any atom is -0.484 e. The Kier molecular flexibility index (Phi) is 7.23. The first kappa shape index (κ1) is 21.3. The number of hydrogen-bond acceptors (Lipinski definition) is 4. The second-order valence-electron chi connectivity index (χ2n) is 7.53. The fourth-order valence-corrected chi connectivity index (χ4v) is 3.67. The van der Waals surface area contributed by atoms with Gasteiger partial charge in [0.2, 0.25) is 0 Å². The largest absolute Gasteiger partial charge is 0.484 e. The SMILES string of the molecule is CCc1ccc(C(CN2CCNC(C)C2)Oc2ccc(C(=O)NC)cc2)cc1F. The Hall–Kier alpha value is -2.44. The van der Waals surface area contributed by atoms with E-state index in [-0.39, 0.29) is 17.8 Å². The highest BCUT2D eigenvalue weighted by atomic mass is 19.1. The third-order valence-electron chi connectivity index (χ3n) is 5.33. The average Bonchev–Trinajstić information content (AvgIpc) is 2.73. The minimum atomic E-state index is -0.299. The molecule has 1 fully saturated rings. The van der Waals surface area contributed by atoms with Crippen molar-refractivity contribution in [3.63, 3.8) is 0 Å². The summed E-state index contributed by atoms with van der Waals surface area (Å²) in [5, 5.41) is 6.05. The van der Waals surface area contributed by atoms with Gasteiger partial charge in [-0.05, 0) is 54.8 Å². The monoisotopic (exact) mass is 399 g/mol. The fraction of sp³-hybridized carbons (Fsp3) is 0.435. The van der Waals surface area contributed by atoms with Gasteiger partial charge in [0.05, 0.1) is 0 Å². The number of halogens is 1. The van der Waals surface area contributed by atoms with Gasteiger partial charge in [0.1, 0.15) is 17.7 Å². The molecule has 1 heterocycles. The molecule has 29 heavy (non-hydrogen) atoms. The number of carbonyl (C=O) groups excluding carboxylic acids is 1. The van der Waals surface area contributed by atoms with Crippen LogP contribution in [0.4, 0.5) is 4.39 Å². The van der Waals surface area contributed by atoms with Gasteiger partial charge in [-0.15, -0.1) is 0 Å². The molecular weight excluding hydrogens is 369 g/mol. The second kappa shape index (κ2) is 9.85. The van der Waals surface area contributed by atoms with Crippen LogP contribution in [0.25, 0.3) is 0 Å². The molecule has 1 saturated heterocycles. The molecule has 2 atom stereocenters. The Bertz CT molecular complexity index is 825. The van der Waals surface area contributed by atoms with Crippen molar-refractivity contribution in [1.82, 2.24) is 15.5 Å². The standard InChI is InChI=1S/C23H30FN3O2/c1-4-17-5-6-19(13-21(17)24)22(15-27-12-11-26-16(2)14-27)29-20-9-7-18(8-10-20)23(28)25-3/h5-10,13,16,22,26H,4,11-12,14-15H2,1-3H3,(H,25,28). The summed E-state index contributed by atoms with van der Waals surface area (Å²) in [5.74, 6) is 0.327. The summed E-state index contributed by atoms with van der Waals surface area (Å²) in [4.78, 5) is 14.1. The highest BCUT2D eigenvalue weighted by Gasteiger charge is 2.23. The number of rotatable bonds is 7. The summed E-state index contributed by atoms with van der Waals surface area (Å²) in [6.07, 6.45) is 0.361. The Morgan fingerprint density at radius 2 is 2.07 bits per heavy atom. The zero-order valence-electron chi connectivity index (χ0n) is 17.4. The Balaban J connectivity index is 1.81. The van der Waals surface area contributed by atoms with Crippen molar-refractivity contribution in [2.45, 2.75) is 32.4 Å². The van der Waals surface area contributed by atoms with E-state index in [9.17, 15) is 9.18 Å². The van der Waals surface area contributed by atoms with Crippen LogP contribution in [0.3, 0.4) is 0 Å². The number of hydrogen-bond donors (Lipinski definition) is 2. The van der Waals surface area contributed by atoms with Crippen molar-refractivity contribution in [3.8, 4) is 5.75 Å². The lowest BCUT2D eigenvalue weighted by molar-refractivity contribution is 0.0963. The fourth-order valence-electron chi connectivity index (χ4n) is 3.67. The maximum absolute atomic E-state index is 14.4. The van der Waals surface area contributed by atoms with E-state index in [1.165, 1.54) is 0 Å². The van der Waals surface area contributed by atoms with E-state index in [1.807, 2.05) is 19.1 Å². The van der Waals surface area contributed by atoms with Crippen molar-refractivity contribution >= 4 is 5.91 Å². The van der Waals surface area contributed by atoms with E-state index >= 15 is 0 Å². The minimum absolute atomic E-state index is 0.139. The highest BCUT2D eigenvalue weighted by molar-refractivity contribution is 5.94. The van der Waals surface area contributed by atoms with E-state index in [0.29, 0.717) is 35.9 Å². The van der Waals surface area contributed by atoms with Gasteiger partial charge in [-0.1, -0.05) is 19.1 Å². The molecule has 0 saturated carbocycles. The van der Waals surface area contributed by atoms with Crippen LogP contribution >= 0.6 is 0 Å². The number of carbonyl (C=O) groups is 1. The van der Waals surface area contributed by atoms with Gasteiger partial charge in [0.25, 0.3) is 5.91 Å². The van der Waals surface area contributed by atoms with Crippen LogP contribution in [0.1, 0.15) is 41.4 Å². The van der Waals surface area contributed by atoms with Crippen LogP contribution in [0.2, 0.25) is 0 Å².